The van der Waals surface area contributed by atoms with E-state index in [0.717, 1.165) is 23.7 Å². The van der Waals surface area contributed by atoms with Crippen LogP contribution in [0.1, 0.15) is 41.4 Å². The summed E-state index contributed by atoms with van der Waals surface area (Å²) >= 11 is 7.80. The number of thioether (sulfide) groups is 1. The molecule has 1 aliphatic rings. The number of hydrogen-bond acceptors (Lipinski definition) is 4. The summed E-state index contributed by atoms with van der Waals surface area (Å²) in [7, 11) is 0. The minimum atomic E-state index is -0.144. The van der Waals surface area contributed by atoms with Crippen molar-refractivity contribution in [3.8, 4) is 0 Å². The maximum Gasteiger partial charge on any atom is 0.252 e. The van der Waals surface area contributed by atoms with Gasteiger partial charge in [0.25, 0.3) is 5.91 Å². The first-order chi connectivity index (χ1) is 12.2. The van der Waals surface area contributed by atoms with Crippen molar-refractivity contribution < 1.29 is 9.21 Å². The summed E-state index contributed by atoms with van der Waals surface area (Å²) in [5.74, 6) is 0.751. The molecule has 1 aliphatic heterocycles. The second-order valence-electron chi connectivity index (χ2n) is 6.18. The van der Waals surface area contributed by atoms with Crippen LogP contribution in [0, 0.1) is 0 Å². The van der Waals surface area contributed by atoms with Gasteiger partial charge in [0.15, 0.2) is 0 Å². The lowest BCUT2D eigenvalue weighted by Crippen LogP contribution is -2.40. The van der Waals surface area contributed by atoms with Gasteiger partial charge < -0.3 is 9.73 Å². The highest BCUT2D eigenvalue weighted by molar-refractivity contribution is 7.98. The second-order valence-corrected chi connectivity index (χ2v) is 7.47. The van der Waals surface area contributed by atoms with Gasteiger partial charge in [-0.05, 0) is 62.5 Å². The predicted molar refractivity (Wildman–Crippen MR) is 102 cm³/mol. The molecule has 4 nitrogen and oxygen atoms in total. The highest BCUT2D eigenvalue weighted by atomic mass is 35.5. The van der Waals surface area contributed by atoms with Crippen molar-refractivity contribution in [3.63, 3.8) is 0 Å². The molecule has 0 spiro atoms. The van der Waals surface area contributed by atoms with E-state index in [0.29, 0.717) is 17.1 Å². The van der Waals surface area contributed by atoms with E-state index in [4.69, 9.17) is 16.0 Å². The van der Waals surface area contributed by atoms with Crippen LogP contribution in [0.25, 0.3) is 0 Å². The zero-order valence-electron chi connectivity index (χ0n) is 14.3. The Hall–Kier alpha value is -1.43. The van der Waals surface area contributed by atoms with Crippen LogP contribution in [0.15, 0.2) is 45.9 Å². The van der Waals surface area contributed by atoms with Gasteiger partial charge in [-0.25, -0.2) is 0 Å². The van der Waals surface area contributed by atoms with Crippen molar-refractivity contribution >= 4 is 29.3 Å². The minimum Gasteiger partial charge on any atom is -0.468 e. The maximum absolute atomic E-state index is 12.6. The molecular formula is C19H23ClN2O2S. The van der Waals surface area contributed by atoms with Crippen LogP contribution in [0.5, 0.6) is 0 Å². The lowest BCUT2D eigenvalue weighted by Gasteiger charge is -2.33. The number of nitrogens with one attached hydrogen (secondary N) is 1. The third-order valence-electron chi connectivity index (χ3n) is 4.58. The van der Waals surface area contributed by atoms with Crippen LogP contribution in [0.3, 0.4) is 0 Å². The van der Waals surface area contributed by atoms with Crippen molar-refractivity contribution in [2.45, 2.75) is 30.2 Å². The summed E-state index contributed by atoms with van der Waals surface area (Å²) in [5, 5.41) is 3.52. The van der Waals surface area contributed by atoms with E-state index in [2.05, 4.69) is 10.2 Å². The molecular weight excluding hydrogens is 356 g/mol. The molecule has 2 heterocycles. The first-order valence-corrected chi connectivity index (χ1v) is 10.2. The van der Waals surface area contributed by atoms with Gasteiger partial charge in [-0.3, -0.25) is 9.69 Å². The molecule has 6 heteroatoms. The van der Waals surface area contributed by atoms with Crippen molar-refractivity contribution in [2.24, 2.45) is 0 Å². The molecule has 0 aliphatic carbocycles. The van der Waals surface area contributed by atoms with Gasteiger partial charge in [-0.2, -0.15) is 0 Å². The fourth-order valence-electron chi connectivity index (χ4n) is 3.21. The SMILES string of the molecule is CSc1ccc(Cl)c(C(=O)NC[C@@H](c2ccco2)N2CCCCC2)c1. The zero-order valence-corrected chi connectivity index (χ0v) is 15.9. The Balaban J connectivity index is 1.71. The second kappa shape index (κ2) is 8.79. The van der Waals surface area contributed by atoms with Crippen LogP contribution < -0.4 is 5.32 Å². The molecule has 1 aromatic carbocycles. The molecule has 3 rings (SSSR count). The zero-order chi connectivity index (χ0) is 17.6. The number of halogens is 1. The molecule has 1 saturated heterocycles. The lowest BCUT2D eigenvalue weighted by molar-refractivity contribution is 0.0914. The summed E-state index contributed by atoms with van der Waals surface area (Å²) in [4.78, 5) is 16.0. The van der Waals surface area contributed by atoms with Crippen molar-refractivity contribution in [1.82, 2.24) is 10.2 Å². The van der Waals surface area contributed by atoms with E-state index in [1.54, 1.807) is 24.1 Å². The number of rotatable bonds is 6. The molecule has 1 aromatic heterocycles. The molecule has 1 fully saturated rings. The van der Waals surface area contributed by atoms with Crippen LogP contribution in [0.4, 0.5) is 0 Å². The Morgan fingerprint density at radius 3 is 2.80 bits per heavy atom. The predicted octanol–water partition coefficient (Wildman–Crippen LogP) is 4.61. The van der Waals surface area contributed by atoms with E-state index in [1.165, 1.54) is 19.3 Å². The van der Waals surface area contributed by atoms with Crippen molar-refractivity contribution in [2.75, 3.05) is 25.9 Å². The molecule has 0 bridgehead atoms. The first kappa shape index (κ1) is 18.4. The van der Waals surface area contributed by atoms with Crippen LogP contribution >= 0.6 is 23.4 Å². The number of amides is 1. The van der Waals surface area contributed by atoms with Gasteiger partial charge in [0.2, 0.25) is 0 Å². The molecule has 0 saturated carbocycles. The quantitative estimate of drug-likeness (QED) is 0.745. The molecule has 0 unspecified atom stereocenters. The van der Waals surface area contributed by atoms with Crippen LogP contribution in [0.2, 0.25) is 5.02 Å². The fraction of sp³-hybridized carbons (Fsp3) is 0.421. The number of carbonyl (C=O) groups is 1. The third kappa shape index (κ3) is 4.60. The van der Waals surface area contributed by atoms with Crippen LogP contribution in [-0.2, 0) is 0 Å². The van der Waals surface area contributed by atoms with E-state index < -0.39 is 0 Å². The van der Waals surface area contributed by atoms with E-state index in [1.807, 2.05) is 30.5 Å². The average molecular weight is 379 g/mol. The van der Waals surface area contributed by atoms with Gasteiger partial charge in [0.1, 0.15) is 5.76 Å². The molecule has 0 radical (unpaired) electrons. The minimum absolute atomic E-state index is 0.0572. The first-order valence-electron chi connectivity index (χ1n) is 8.58. The normalized spacial score (nSPS) is 16.6. The standard InChI is InChI=1S/C19H23ClN2O2S/c1-25-14-7-8-16(20)15(12-14)19(23)21-13-17(18-6-5-11-24-18)22-9-3-2-4-10-22/h5-8,11-12,17H,2-4,9-10,13H2,1H3,(H,21,23)/t17-/m0/s1. The number of likely N-dealkylation sites (tertiary alicyclic amines) is 1. The Morgan fingerprint density at radius 1 is 1.32 bits per heavy atom. The highest BCUT2D eigenvalue weighted by Gasteiger charge is 2.25. The Kier molecular flexibility index (Phi) is 6.45. The Bertz CT molecular complexity index is 699. The van der Waals surface area contributed by atoms with Crippen molar-refractivity contribution in [3.05, 3.63) is 52.9 Å². The molecule has 1 N–H and O–H groups in total. The topological polar surface area (TPSA) is 45.5 Å². The van der Waals surface area contributed by atoms with E-state index >= 15 is 0 Å². The maximum atomic E-state index is 12.6. The number of piperidine rings is 1. The number of furan rings is 1. The molecule has 1 atom stereocenters. The van der Waals surface area contributed by atoms with Crippen molar-refractivity contribution in [1.29, 1.82) is 0 Å². The molecule has 134 valence electrons. The number of benzene rings is 1. The lowest BCUT2D eigenvalue weighted by atomic mass is 10.1. The van der Waals surface area contributed by atoms with Gasteiger partial charge in [0.05, 0.1) is 22.9 Å². The average Bonchev–Trinajstić information content (AvgIpc) is 3.17. The molecule has 25 heavy (non-hydrogen) atoms. The largest absolute Gasteiger partial charge is 0.468 e. The van der Waals surface area contributed by atoms with Gasteiger partial charge in [0, 0.05) is 11.4 Å². The summed E-state index contributed by atoms with van der Waals surface area (Å²) < 4.78 is 5.62. The van der Waals surface area contributed by atoms with Gasteiger partial charge in [-0.15, -0.1) is 11.8 Å². The highest BCUT2D eigenvalue weighted by Crippen LogP contribution is 2.26. The molecule has 2 aromatic rings. The van der Waals surface area contributed by atoms with Crippen LogP contribution in [-0.4, -0.2) is 36.7 Å². The summed E-state index contributed by atoms with van der Waals surface area (Å²) in [6.07, 6.45) is 7.31. The Labute approximate surface area is 157 Å². The monoisotopic (exact) mass is 378 g/mol. The Morgan fingerprint density at radius 2 is 2.12 bits per heavy atom. The number of nitrogens with zero attached hydrogens (tertiary/aromatic N) is 1. The van der Waals surface area contributed by atoms with E-state index in [-0.39, 0.29) is 11.9 Å². The third-order valence-corrected chi connectivity index (χ3v) is 5.63. The van der Waals surface area contributed by atoms with Gasteiger partial charge in [-0.1, -0.05) is 18.0 Å². The fourth-order valence-corrected chi connectivity index (χ4v) is 3.85. The number of hydrogen-bond donors (Lipinski definition) is 1. The smallest absolute Gasteiger partial charge is 0.252 e. The summed E-state index contributed by atoms with van der Waals surface area (Å²) in [6, 6.07) is 9.46. The summed E-state index contributed by atoms with van der Waals surface area (Å²) in [6.45, 7) is 2.57. The molecule has 1 amide bonds. The van der Waals surface area contributed by atoms with Gasteiger partial charge >= 0.3 is 0 Å². The van der Waals surface area contributed by atoms with E-state index in [9.17, 15) is 4.79 Å². The summed E-state index contributed by atoms with van der Waals surface area (Å²) in [5.41, 5.74) is 0.519. The number of carbonyl (C=O) groups excluding carboxylic acids is 1.